The Labute approximate surface area is 130 Å². The van der Waals surface area contributed by atoms with Gasteiger partial charge < -0.3 is 10.1 Å². The summed E-state index contributed by atoms with van der Waals surface area (Å²) in [5.41, 5.74) is 0. The van der Waals surface area contributed by atoms with E-state index in [0.29, 0.717) is 13.0 Å². The molecule has 0 bridgehead atoms. The van der Waals surface area contributed by atoms with Crippen molar-refractivity contribution in [2.45, 2.75) is 91.0 Å². The molecule has 4 heteroatoms. The predicted molar refractivity (Wildman–Crippen MR) is 86.1 cm³/mol. The van der Waals surface area contributed by atoms with Crippen molar-refractivity contribution in [1.29, 1.82) is 0 Å². The van der Waals surface area contributed by atoms with Crippen LogP contribution in [0.25, 0.3) is 0 Å². The summed E-state index contributed by atoms with van der Waals surface area (Å²) < 4.78 is 4.85. The summed E-state index contributed by atoms with van der Waals surface area (Å²) in [6, 6.07) is -0.545. The molecule has 21 heavy (non-hydrogen) atoms. The Hall–Kier alpha value is -1.06. The number of carbonyl (C=O) groups is 2. The molecule has 0 rings (SSSR count). The number of hydrogen-bond acceptors (Lipinski definition) is 3. The minimum atomic E-state index is -0.545. The van der Waals surface area contributed by atoms with Crippen molar-refractivity contribution >= 4 is 11.9 Å². The maximum atomic E-state index is 11.7. The third-order valence-electron chi connectivity index (χ3n) is 3.53. The van der Waals surface area contributed by atoms with Gasteiger partial charge in [-0.25, -0.2) is 4.79 Å². The van der Waals surface area contributed by atoms with Crippen molar-refractivity contribution in [3.05, 3.63) is 0 Å². The second kappa shape index (κ2) is 13.9. The van der Waals surface area contributed by atoms with E-state index in [-0.39, 0.29) is 11.9 Å². The van der Waals surface area contributed by atoms with Crippen molar-refractivity contribution in [2.75, 3.05) is 6.61 Å². The van der Waals surface area contributed by atoms with E-state index in [4.69, 9.17) is 4.74 Å². The summed E-state index contributed by atoms with van der Waals surface area (Å²) in [6.07, 6.45) is 11.6. The van der Waals surface area contributed by atoms with Gasteiger partial charge in [-0.05, 0) is 20.3 Å². The number of carbonyl (C=O) groups excluding carboxylic acids is 2. The number of amides is 1. The van der Waals surface area contributed by atoms with Gasteiger partial charge in [-0.15, -0.1) is 0 Å². The van der Waals surface area contributed by atoms with E-state index in [1.165, 1.54) is 44.9 Å². The highest BCUT2D eigenvalue weighted by Crippen LogP contribution is 2.10. The Kier molecular flexibility index (Phi) is 13.2. The molecule has 0 radical (unpaired) electrons. The topological polar surface area (TPSA) is 55.4 Å². The third-order valence-corrected chi connectivity index (χ3v) is 3.53. The maximum Gasteiger partial charge on any atom is 0.328 e. The minimum Gasteiger partial charge on any atom is -0.464 e. The van der Waals surface area contributed by atoms with Crippen LogP contribution in [0.5, 0.6) is 0 Å². The molecule has 1 atom stereocenters. The van der Waals surface area contributed by atoms with E-state index in [1.807, 2.05) is 0 Å². The number of unbranched alkanes of at least 4 members (excludes halogenated alkanes) is 8. The van der Waals surface area contributed by atoms with Crippen LogP contribution >= 0.6 is 0 Å². The van der Waals surface area contributed by atoms with Crippen molar-refractivity contribution in [3.63, 3.8) is 0 Å². The summed E-state index contributed by atoms with van der Waals surface area (Å²) in [5, 5.41) is 2.68. The van der Waals surface area contributed by atoms with Crippen LogP contribution < -0.4 is 5.32 Å². The van der Waals surface area contributed by atoms with E-state index >= 15 is 0 Å². The highest BCUT2D eigenvalue weighted by molar-refractivity contribution is 5.84. The zero-order valence-corrected chi connectivity index (χ0v) is 14.1. The molecule has 0 heterocycles. The molecular weight excluding hydrogens is 266 g/mol. The Bertz CT molecular complexity index is 279. The van der Waals surface area contributed by atoms with Gasteiger partial charge in [0, 0.05) is 6.42 Å². The largest absolute Gasteiger partial charge is 0.464 e. The molecule has 0 saturated heterocycles. The second-order valence-corrected chi connectivity index (χ2v) is 5.62. The molecule has 0 unspecified atom stereocenters. The second-order valence-electron chi connectivity index (χ2n) is 5.62. The molecule has 1 amide bonds. The van der Waals surface area contributed by atoms with Crippen molar-refractivity contribution in [2.24, 2.45) is 0 Å². The Morgan fingerprint density at radius 2 is 1.43 bits per heavy atom. The van der Waals surface area contributed by atoms with Gasteiger partial charge in [0.2, 0.25) is 5.91 Å². The van der Waals surface area contributed by atoms with Crippen LogP contribution in [-0.4, -0.2) is 24.5 Å². The highest BCUT2D eigenvalue weighted by Gasteiger charge is 2.15. The SMILES string of the molecule is CCCCCCCCCCCC(=O)N[C@@H](C)C(=O)OCC. The van der Waals surface area contributed by atoms with Crippen molar-refractivity contribution < 1.29 is 14.3 Å². The number of hydrogen-bond donors (Lipinski definition) is 1. The van der Waals surface area contributed by atoms with Crippen LogP contribution in [0.2, 0.25) is 0 Å². The van der Waals surface area contributed by atoms with Gasteiger partial charge in [-0.1, -0.05) is 58.3 Å². The van der Waals surface area contributed by atoms with E-state index in [0.717, 1.165) is 12.8 Å². The smallest absolute Gasteiger partial charge is 0.328 e. The third kappa shape index (κ3) is 12.4. The van der Waals surface area contributed by atoms with Crippen LogP contribution in [0.3, 0.4) is 0 Å². The quantitative estimate of drug-likeness (QED) is 0.413. The number of ether oxygens (including phenoxy) is 1. The number of rotatable bonds is 13. The van der Waals surface area contributed by atoms with Crippen LogP contribution in [0, 0.1) is 0 Å². The molecular formula is C17H33NO3. The maximum absolute atomic E-state index is 11.7. The van der Waals surface area contributed by atoms with Gasteiger partial charge in [-0.3, -0.25) is 4.79 Å². The molecule has 0 aromatic rings. The van der Waals surface area contributed by atoms with Gasteiger partial charge in [-0.2, -0.15) is 0 Å². The zero-order chi connectivity index (χ0) is 15.9. The summed E-state index contributed by atoms with van der Waals surface area (Å²) in [4.78, 5) is 23.0. The summed E-state index contributed by atoms with van der Waals surface area (Å²) in [6.45, 7) is 5.99. The predicted octanol–water partition coefficient (Wildman–Crippen LogP) is 3.98. The van der Waals surface area contributed by atoms with E-state index in [9.17, 15) is 9.59 Å². The fourth-order valence-electron chi connectivity index (χ4n) is 2.24. The minimum absolute atomic E-state index is 0.0569. The van der Waals surface area contributed by atoms with Crippen molar-refractivity contribution in [1.82, 2.24) is 5.32 Å². The molecule has 0 aliphatic heterocycles. The van der Waals surface area contributed by atoms with E-state index in [1.54, 1.807) is 13.8 Å². The van der Waals surface area contributed by atoms with Gasteiger partial charge in [0.1, 0.15) is 6.04 Å². The average molecular weight is 299 g/mol. The average Bonchev–Trinajstić information content (AvgIpc) is 2.45. The van der Waals surface area contributed by atoms with Crippen molar-refractivity contribution in [3.8, 4) is 0 Å². The Morgan fingerprint density at radius 1 is 0.905 bits per heavy atom. The lowest BCUT2D eigenvalue weighted by Gasteiger charge is -2.12. The van der Waals surface area contributed by atoms with Gasteiger partial charge in [0.05, 0.1) is 6.61 Å². The molecule has 0 aromatic carbocycles. The normalized spacial score (nSPS) is 12.0. The van der Waals surface area contributed by atoms with Crippen LogP contribution in [0.15, 0.2) is 0 Å². The molecule has 4 nitrogen and oxygen atoms in total. The molecule has 0 spiro atoms. The lowest BCUT2D eigenvalue weighted by atomic mass is 10.1. The molecule has 0 aromatic heterocycles. The van der Waals surface area contributed by atoms with E-state index < -0.39 is 6.04 Å². The summed E-state index contributed by atoms with van der Waals surface area (Å²) >= 11 is 0. The van der Waals surface area contributed by atoms with E-state index in [2.05, 4.69) is 12.2 Å². The lowest BCUT2D eigenvalue weighted by Crippen LogP contribution is -2.39. The lowest BCUT2D eigenvalue weighted by molar-refractivity contribution is -0.146. The first-order valence-corrected chi connectivity index (χ1v) is 8.57. The first-order chi connectivity index (χ1) is 10.1. The van der Waals surface area contributed by atoms with Gasteiger partial charge in [0.25, 0.3) is 0 Å². The molecule has 124 valence electrons. The first-order valence-electron chi connectivity index (χ1n) is 8.57. The van der Waals surface area contributed by atoms with Gasteiger partial charge >= 0.3 is 5.97 Å². The molecule has 0 saturated carbocycles. The Balaban J connectivity index is 3.43. The van der Waals surface area contributed by atoms with Gasteiger partial charge in [0.15, 0.2) is 0 Å². The molecule has 0 aliphatic rings. The first kappa shape index (κ1) is 19.9. The number of nitrogens with one attached hydrogen (secondary N) is 1. The fraction of sp³-hybridized carbons (Fsp3) is 0.882. The molecule has 0 aliphatic carbocycles. The Morgan fingerprint density at radius 3 is 1.95 bits per heavy atom. The fourth-order valence-corrected chi connectivity index (χ4v) is 2.24. The van der Waals surface area contributed by atoms with Crippen LogP contribution in [0.4, 0.5) is 0 Å². The van der Waals surface area contributed by atoms with Crippen LogP contribution in [-0.2, 0) is 14.3 Å². The molecule has 1 N–H and O–H groups in total. The summed E-state index contributed by atoms with van der Waals surface area (Å²) in [7, 11) is 0. The zero-order valence-electron chi connectivity index (χ0n) is 14.1. The summed E-state index contributed by atoms with van der Waals surface area (Å²) in [5.74, 6) is -0.420. The monoisotopic (exact) mass is 299 g/mol. The number of esters is 1. The standard InChI is InChI=1S/C17H33NO3/c1-4-6-7-8-9-10-11-12-13-14-16(19)18-15(3)17(20)21-5-2/h15H,4-14H2,1-3H3,(H,18,19)/t15-/m0/s1. The molecule has 0 fully saturated rings. The highest BCUT2D eigenvalue weighted by atomic mass is 16.5. The van der Waals surface area contributed by atoms with Crippen LogP contribution in [0.1, 0.15) is 85.0 Å².